The monoisotopic (exact) mass is 300 g/mol. The second-order valence-corrected chi connectivity index (χ2v) is 8.15. The number of aliphatic carboxylic acids is 1. The molecule has 1 heterocycles. The predicted molar refractivity (Wildman–Crippen MR) is 80.0 cm³/mol. The molecule has 114 valence electrons. The van der Waals surface area contributed by atoms with Gasteiger partial charge in [-0.25, -0.2) is 4.79 Å². The number of hydrogen-bond acceptors (Lipinski definition) is 3. The molecule has 1 aliphatic heterocycles. The summed E-state index contributed by atoms with van der Waals surface area (Å²) >= 11 is 1.89. The molecular formula is C14H24N2O3S. The molecule has 2 N–H and O–H groups in total. The normalized spacial score (nSPS) is 29.2. The number of carboxylic acid groups (broad SMARTS) is 1. The Labute approximate surface area is 124 Å². The molecule has 20 heavy (non-hydrogen) atoms. The van der Waals surface area contributed by atoms with Gasteiger partial charge in [-0.15, -0.1) is 0 Å². The fraction of sp³-hybridized carbons (Fsp3) is 0.857. The summed E-state index contributed by atoms with van der Waals surface area (Å²) in [6.07, 6.45) is 2.59. The molecule has 2 fully saturated rings. The van der Waals surface area contributed by atoms with E-state index >= 15 is 0 Å². The van der Waals surface area contributed by atoms with Gasteiger partial charge in [-0.05, 0) is 32.6 Å². The number of carbonyl (C=O) groups is 2. The van der Waals surface area contributed by atoms with Crippen LogP contribution in [-0.2, 0) is 4.79 Å². The number of carboxylic acids is 1. The van der Waals surface area contributed by atoms with Gasteiger partial charge in [0.15, 0.2) is 0 Å². The van der Waals surface area contributed by atoms with E-state index in [2.05, 4.69) is 19.2 Å². The highest BCUT2D eigenvalue weighted by atomic mass is 32.2. The maximum atomic E-state index is 12.2. The third-order valence-corrected chi connectivity index (χ3v) is 5.50. The largest absolute Gasteiger partial charge is 0.481 e. The molecule has 1 aliphatic carbocycles. The van der Waals surface area contributed by atoms with Crippen LogP contribution >= 0.6 is 11.8 Å². The first-order valence-corrected chi connectivity index (χ1v) is 8.27. The SMILES string of the molecule is CC1(C)CN(C(=O)NCC2CCCC2C(=O)O)CCS1. The number of thioether (sulfide) groups is 1. The highest BCUT2D eigenvalue weighted by Crippen LogP contribution is 2.32. The van der Waals surface area contributed by atoms with Gasteiger partial charge in [-0.1, -0.05) is 6.42 Å². The van der Waals surface area contributed by atoms with Crippen LogP contribution in [0.25, 0.3) is 0 Å². The maximum Gasteiger partial charge on any atom is 0.317 e. The van der Waals surface area contributed by atoms with Gasteiger partial charge in [0.05, 0.1) is 5.92 Å². The van der Waals surface area contributed by atoms with Crippen LogP contribution < -0.4 is 5.32 Å². The van der Waals surface area contributed by atoms with Crippen molar-refractivity contribution in [2.75, 3.05) is 25.4 Å². The van der Waals surface area contributed by atoms with Crippen LogP contribution in [0.2, 0.25) is 0 Å². The van der Waals surface area contributed by atoms with Crippen molar-refractivity contribution in [3.8, 4) is 0 Å². The van der Waals surface area contributed by atoms with Gasteiger partial charge in [0, 0.05) is 30.1 Å². The van der Waals surface area contributed by atoms with E-state index in [9.17, 15) is 9.59 Å². The summed E-state index contributed by atoms with van der Waals surface area (Å²) in [5, 5.41) is 12.1. The van der Waals surface area contributed by atoms with Crippen molar-refractivity contribution in [1.82, 2.24) is 10.2 Å². The Kier molecular flexibility index (Phi) is 4.83. The second-order valence-electron chi connectivity index (χ2n) is 6.35. The Morgan fingerprint density at radius 3 is 2.80 bits per heavy atom. The molecule has 2 amide bonds. The third-order valence-electron chi connectivity index (χ3n) is 4.20. The molecule has 1 saturated heterocycles. The molecular weight excluding hydrogens is 276 g/mol. The summed E-state index contributed by atoms with van der Waals surface area (Å²) in [7, 11) is 0. The van der Waals surface area contributed by atoms with Gasteiger partial charge in [0.2, 0.25) is 0 Å². The Bertz CT molecular complexity index is 387. The number of hydrogen-bond donors (Lipinski definition) is 2. The lowest BCUT2D eigenvalue weighted by molar-refractivity contribution is -0.142. The van der Waals surface area contributed by atoms with Crippen LogP contribution in [0.5, 0.6) is 0 Å². The summed E-state index contributed by atoms with van der Waals surface area (Å²) in [5.74, 6) is 0.0336. The van der Waals surface area contributed by atoms with Crippen molar-refractivity contribution in [1.29, 1.82) is 0 Å². The third kappa shape index (κ3) is 3.81. The fourth-order valence-electron chi connectivity index (χ4n) is 3.13. The number of amides is 2. The molecule has 0 radical (unpaired) electrons. The van der Waals surface area contributed by atoms with E-state index in [0.717, 1.165) is 38.1 Å². The van der Waals surface area contributed by atoms with Crippen LogP contribution in [0.4, 0.5) is 4.79 Å². The molecule has 6 heteroatoms. The number of carbonyl (C=O) groups excluding carboxylic acids is 1. The van der Waals surface area contributed by atoms with Gasteiger partial charge < -0.3 is 15.3 Å². The highest BCUT2D eigenvalue weighted by molar-refractivity contribution is 8.00. The molecule has 2 atom stereocenters. The summed E-state index contributed by atoms with van der Waals surface area (Å²) in [6.45, 7) is 6.30. The van der Waals surface area contributed by atoms with Crippen LogP contribution in [0.15, 0.2) is 0 Å². The zero-order chi connectivity index (χ0) is 14.8. The summed E-state index contributed by atoms with van der Waals surface area (Å²) in [5.41, 5.74) is 0. The first kappa shape index (κ1) is 15.5. The Balaban J connectivity index is 1.81. The molecule has 0 aromatic heterocycles. The Morgan fingerprint density at radius 2 is 2.15 bits per heavy atom. The average Bonchev–Trinajstić information content (AvgIpc) is 2.83. The molecule has 5 nitrogen and oxygen atoms in total. The van der Waals surface area contributed by atoms with Crippen molar-refractivity contribution in [3.63, 3.8) is 0 Å². The van der Waals surface area contributed by atoms with E-state index < -0.39 is 5.97 Å². The average molecular weight is 300 g/mol. The fourth-order valence-corrected chi connectivity index (χ4v) is 4.24. The standard InChI is InChI=1S/C14H24N2O3S/c1-14(2)9-16(6-7-20-14)13(19)15-8-10-4-3-5-11(10)12(17)18/h10-11H,3-9H2,1-2H3,(H,15,19)(H,17,18). The quantitative estimate of drug-likeness (QED) is 0.836. The molecule has 0 aromatic carbocycles. The number of nitrogens with zero attached hydrogens (tertiary/aromatic N) is 1. The lowest BCUT2D eigenvalue weighted by Crippen LogP contribution is -2.51. The lowest BCUT2D eigenvalue weighted by Gasteiger charge is -2.37. The summed E-state index contributed by atoms with van der Waals surface area (Å²) in [6, 6.07) is -0.0468. The first-order valence-electron chi connectivity index (χ1n) is 7.28. The molecule has 2 unspecified atom stereocenters. The van der Waals surface area contributed by atoms with Crippen molar-refractivity contribution in [2.24, 2.45) is 11.8 Å². The van der Waals surface area contributed by atoms with Gasteiger partial charge in [-0.3, -0.25) is 4.79 Å². The first-order chi connectivity index (χ1) is 9.39. The van der Waals surface area contributed by atoms with E-state index in [1.807, 2.05) is 16.7 Å². The van der Waals surface area contributed by atoms with E-state index in [4.69, 9.17) is 5.11 Å². The lowest BCUT2D eigenvalue weighted by atomic mass is 9.96. The van der Waals surface area contributed by atoms with Crippen molar-refractivity contribution >= 4 is 23.8 Å². The highest BCUT2D eigenvalue weighted by Gasteiger charge is 2.34. The van der Waals surface area contributed by atoms with Crippen LogP contribution in [0, 0.1) is 11.8 Å². The van der Waals surface area contributed by atoms with E-state index in [1.54, 1.807) is 0 Å². The topological polar surface area (TPSA) is 69.6 Å². The molecule has 0 spiro atoms. The number of nitrogens with one attached hydrogen (secondary N) is 1. The smallest absolute Gasteiger partial charge is 0.317 e. The van der Waals surface area contributed by atoms with Gasteiger partial charge in [0.1, 0.15) is 0 Å². The number of urea groups is 1. The minimum absolute atomic E-state index is 0.0468. The zero-order valence-electron chi connectivity index (χ0n) is 12.2. The minimum Gasteiger partial charge on any atom is -0.481 e. The van der Waals surface area contributed by atoms with E-state index in [-0.39, 0.29) is 22.6 Å². The molecule has 0 bridgehead atoms. The van der Waals surface area contributed by atoms with Crippen molar-refractivity contribution in [2.45, 2.75) is 37.9 Å². The summed E-state index contributed by atoms with van der Waals surface area (Å²) < 4.78 is 0.104. The van der Waals surface area contributed by atoms with Crippen molar-refractivity contribution < 1.29 is 14.7 Å². The van der Waals surface area contributed by atoms with E-state index in [1.165, 1.54) is 0 Å². The second kappa shape index (κ2) is 6.24. The molecule has 2 rings (SSSR count). The number of rotatable bonds is 3. The van der Waals surface area contributed by atoms with Crippen LogP contribution in [-0.4, -0.2) is 52.1 Å². The van der Waals surface area contributed by atoms with Crippen LogP contribution in [0.1, 0.15) is 33.1 Å². The predicted octanol–water partition coefficient (Wildman–Crippen LogP) is 2.02. The van der Waals surface area contributed by atoms with E-state index in [0.29, 0.717) is 6.54 Å². The van der Waals surface area contributed by atoms with Gasteiger partial charge in [-0.2, -0.15) is 11.8 Å². The zero-order valence-corrected chi connectivity index (χ0v) is 13.0. The Hall–Kier alpha value is -0.910. The maximum absolute atomic E-state index is 12.2. The molecule has 0 aromatic rings. The van der Waals surface area contributed by atoms with Gasteiger partial charge in [0.25, 0.3) is 0 Å². The minimum atomic E-state index is -0.725. The van der Waals surface area contributed by atoms with Gasteiger partial charge >= 0.3 is 12.0 Å². The summed E-state index contributed by atoms with van der Waals surface area (Å²) in [4.78, 5) is 25.1. The molecule has 2 aliphatic rings. The van der Waals surface area contributed by atoms with Crippen molar-refractivity contribution in [3.05, 3.63) is 0 Å². The molecule has 1 saturated carbocycles. The van der Waals surface area contributed by atoms with Crippen LogP contribution in [0.3, 0.4) is 0 Å². The Morgan fingerprint density at radius 1 is 1.40 bits per heavy atom.